The molecule has 90 valence electrons. The van der Waals surface area contributed by atoms with Gasteiger partial charge >= 0.3 is 5.97 Å². The number of nitrogens with zero attached hydrogens (tertiary/aromatic N) is 2. The van der Waals surface area contributed by atoms with E-state index < -0.39 is 5.97 Å². The summed E-state index contributed by atoms with van der Waals surface area (Å²) < 4.78 is 1.96. The van der Waals surface area contributed by atoms with E-state index in [9.17, 15) is 4.79 Å². The molecule has 2 heterocycles. The first-order valence-corrected chi connectivity index (χ1v) is 6.83. The van der Waals surface area contributed by atoms with E-state index in [1.807, 2.05) is 4.40 Å². The standard InChI is InChI=1S/C12H14N2O2S/c15-11(16)9-6-14-10(7-17-12(14)13-9)8-4-2-1-3-5-8/h6-8H,1-5H2,(H,15,16). The molecule has 0 unspecified atom stereocenters. The Labute approximate surface area is 103 Å². The predicted octanol–water partition coefficient (Wildman–Crippen LogP) is 3.14. The molecular formula is C12H14N2O2S. The van der Waals surface area contributed by atoms with Gasteiger partial charge in [-0.3, -0.25) is 4.40 Å². The van der Waals surface area contributed by atoms with Crippen molar-refractivity contribution in [1.82, 2.24) is 9.38 Å². The fourth-order valence-electron chi connectivity index (χ4n) is 2.60. The van der Waals surface area contributed by atoms with Gasteiger partial charge in [0.25, 0.3) is 0 Å². The van der Waals surface area contributed by atoms with Crippen molar-refractivity contribution in [1.29, 1.82) is 0 Å². The average molecular weight is 250 g/mol. The fourth-order valence-corrected chi connectivity index (χ4v) is 3.55. The Morgan fingerprint density at radius 2 is 2.18 bits per heavy atom. The molecule has 1 aliphatic carbocycles. The van der Waals surface area contributed by atoms with Crippen LogP contribution in [0.2, 0.25) is 0 Å². The molecule has 4 nitrogen and oxygen atoms in total. The summed E-state index contributed by atoms with van der Waals surface area (Å²) in [6.45, 7) is 0. The highest BCUT2D eigenvalue weighted by Crippen LogP contribution is 2.34. The third-order valence-electron chi connectivity index (χ3n) is 3.48. The molecule has 1 aliphatic rings. The average Bonchev–Trinajstić information content (AvgIpc) is 2.89. The van der Waals surface area contributed by atoms with Crippen LogP contribution in [-0.4, -0.2) is 20.5 Å². The number of fused-ring (bicyclic) bond motifs is 1. The third-order valence-corrected chi connectivity index (χ3v) is 4.34. The number of rotatable bonds is 2. The van der Waals surface area contributed by atoms with E-state index in [4.69, 9.17) is 5.11 Å². The third kappa shape index (κ3) is 1.84. The minimum atomic E-state index is -0.949. The van der Waals surface area contributed by atoms with E-state index >= 15 is 0 Å². The van der Waals surface area contributed by atoms with Crippen LogP contribution in [0.3, 0.4) is 0 Å². The quantitative estimate of drug-likeness (QED) is 0.890. The van der Waals surface area contributed by atoms with Gasteiger partial charge in [-0.2, -0.15) is 0 Å². The number of imidazole rings is 1. The summed E-state index contributed by atoms with van der Waals surface area (Å²) in [5, 5.41) is 11.1. The van der Waals surface area contributed by atoms with Crippen molar-refractivity contribution in [3.63, 3.8) is 0 Å². The lowest BCUT2D eigenvalue weighted by molar-refractivity contribution is 0.0691. The van der Waals surface area contributed by atoms with Crippen molar-refractivity contribution in [2.45, 2.75) is 38.0 Å². The van der Waals surface area contributed by atoms with Crippen molar-refractivity contribution in [3.05, 3.63) is 23.0 Å². The zero-order chi connectivity index (χ0) is 11.8. The molecule has 0 bridgehead atoms. The number of hydrogen-bond donors (Lipinski definition) is 1. The van der Waals surface area contributed by atoms with Crippen LogP contribution in [-0.2, 0) is 0 Å². The van der Waals surface area contributed by atoms with Gasteiger partial charge < -0.3 is 5.11 Å². The van der Waals surface area contributed by atoms with Crippen LogP contribution in [0, 0.1) is 0 Å². The van der Waals surface area contributed by atoms with Crippen molar-refractivity contribution in [2.75, 3.05) is 0 Å². The maximum Gasteiger partial charge on any atom is 0.356 e. The number of aromatic carboxylic acids is 1. The molecule has 0 aliphatic heterocycles. The molecule has 2 aromatic rings. The zero-order valence-corrected chi connectivity index (χ0v) is 10.2. The SMILES string of the molecule is O=C(O)c1cn2c(C3CCCCC3)csc2n1. The Balaban J connectivity index is 2.00. The Hall–Kier alpha value is -1.36. The van der Waals surface area contributed by atoms with Crippen LogP contribution in [0.25, 0.3) is 4.96 Å². The molecule has 0 aromatic carbocycles. The topological polar surface area (TPSA) is 54.6 Å². The van der Waals surface area contributed by atoms with Crippen molar-refractivity contribution in [3.8, 4) is 0 Å². The molecule has 0 saturated heterocycles. The number of thiazole rings is 1. The normalized spacial score (nSPS) is 17.6. The van der Waals surface area contributed by atoms with Crippen LogP contribution in [0.1, 0.15) is 54.2 Å². The number of carbonyl (C=O) groups is 1. The zero-order valence-electron chi connectivity index (χ0n) is 9.43. The van der Waals surface area contributed by atoms with Gasteiger partial charge in [-0.05, 0) is 12.8 Å². The van der Waals surface area contributed by atoms with Gasteiger partial charge in [-0.25, -0.2) is 9.78 Å². The Morgan fingerprint density at radius 3 is 2.88 bits per heavy atom. The van der Waals surface area contributed by atoms with E-state index in [0.717, 1.165) is 4.96 Å². The molecule has 0 spiro atoms. The van der Waals surface area contributed by atoms with E-state index in [2.05, 4.69) is 10.4 Å². The summed E-state index contributed by atoms with van der Waals surface area (Å²) in [7, 11) is 0. The van der Waals surface area contributed by atoms with Gasteiger partial charge in [0.2, 0.25) is 0 Å². The summed E-state index contributed by atoms with van der Waals surface area (Å²) in [6.07, 6.45) is 7.97. The number of aromatic nitrogens is 2. The molecule has 0 radical (unpaired) electrons. The molecule has 2 aromatic heterocycles. The highest BCUT2D eigenvalue weighted by atomic mass is 32.1. The fraction of sp³-hybridized carbons (Fsp3) is 0.500. The highest BCUT2D eigenvalue weighted by molar-refractivity contribution is 7.15. The lowest BCUT2D eigenvalue weighted by atomic mass is 9.87. The smallest absolute Gasteiger partial charge is 0.356 e. The molecule has 0 amide bonds. The minimum absolute atomic E-state index is 0.147. The van der Waals surface area contributed by atoms with Crippen molar-refractivity contribution >= 4 is 22.3 Å². The van der Waals surface area contributed by atoms with E-state index in [1.54, 1.807) is 6.20 Å². The summed E-state index contributed by atoms with van der Waals surface area (Å²) in [5.41, 5.74) is 1.39. The van der Waals surface area contributed by atoms with Gasteiger partial charge in [0, 0.05) is 23.2 Å². The summed E-state index contributed by atoms with van der Waals surface area (Å²) in [5.74, 6) is -0.371. The molecule has 1 N–H and O–H groups in total. The van der Waals surface area contributed by atoms with E-state index in [1.165, 1.54) is 49.1 Å². The van der Waals surface area contributed by atoms with Crippen LogP contribution < -0.4 is 0 Å². The molecular weight excluding hydrogens is 236 g/mol. The molecule has 3 rings (SSSR count). The molecule has 17 heavy (non-hydrogen) atoms. The van der Waals surface area contributed by atoms with Crippen molar-refractivity contribution < 1.29 is 9.90 Å². The molecule has 5 heteroatoms. The Bertz CT molecular complexity index is 552. The first-order chi connectivity index (χ1) is 8.25. The predicted molar refractivity (Wildman–Crippen MR) is 65.9 cm³/mol. The Morgan fingerprint density at radius 1 is 1.41 bits per heavy atom. The summed E-state index contributed by atoms with van der Waals surface area (Å²) in [6, 6.07) is 0. The van der Waals surface area contributed by atoms with Crippen molar-refractivity contribution in [2.24, 2.45) is 0 Å². The summed E-state index contributed by atoms with van der Waals surface area (Å²) >= 11 is 1.53. The lowest BCUT2D eigenvalue weighted by Crippen LogP contribution is -2.06. The van der Waals surface area contributed by atoms with Crippen LogP contribution in [0.5, 0.6) is 0 Å². The number of hydrogen-bond acceptors (Lipinski definition) is 3. The largest absolute Gasteiger partial charge is 0.476 e. The summed E-state index contributed by atoms with van der Waals surface area (Å²) in [4.78, 5) is 15.8. The molecule has 0 atom stereocenters. The second kappa shape index (κ2) is 4.14. The van der Waals surface area contributed by atoms with E-state index in [0.29, 0.717) is 5.92 Å². The van der Waals surface area contributed by atoms with Gasteiger partial charge in [0.05, 0.1) is 0 Å². The second-order valence-electron chi connectivity index (χ2n) is 4.58. The van der Waals surface area contributed by atoms with E-state index in [-0.39, 0.29) is 5.69 Å². The number of carboxylic acids is 1. The first-order valence-electron chi connectivity index (χ1n) is 5.95. The minimum Gasteiger partial charge on any atom is -0.476 e. The van der Waals surface area contributed by atoms with Gasteiger partial charge in [0.15, 0.2) is 10.7 Å². The van der Waals surface area contributed by atoms with Gasteiger partial charge in [-0.1, -0.05) is 19.3 Å². The highest BCUT2D eigenvalue weighted by Gasteiger charge is 2.20. The van der Waals surface area contributed by atoms with Gasteiger partial charge in [-0.15, -0.1) is 11.3 Å². The van der Waals surface area contributed by atoms with Crippen LogP contribution in [0.15, 0.2) is 11.6 Å². The first kappa shape index (κ1) is 10.8. The Kier molecular flexibility index (Phi) is 2.63. The maximum absolute atomic E-state index is 10.9. The molecule has 1 fully saturated rings. The monoisotopic (exact) mass is 250 g/mol. The number of carboxylic acid groups (broad SMARTS) is 1. The molecule has 1 saturated carbocycles. The maximum atomic E-state index is 10.9. The van der Waals surface area contributed by atoms with Gasteiger partial charge in [0.1, 0.15) is 0 Å². The lowest BCUT2D eigenvalue weighted by Gasteiger charge is -2.20. The van der Waals surface area contributed by atoms with Crippen LogP contribution in [0.4, 0.5) is 0 Å². The van der Waals surface area contributed by atoms with Crippen LogP contribution >= 0.6 is 11.3 Å². The second-order valence-corrected chi connectivity index (χ2v) is 5.42.